The minimum atomic E-state index is -3.15. The van der Waals surface area contributed by atoms with Crippen molar-refractivity contribution in [3.05, 3.63) is 0 Å². The van der Waals surface area contributed by atoms with Crippen LogP contribution in [-0.4, -0.2) is 32.9 Å². The van der Waals surface area contributed by atoms with Crippen molar-refractivity contribution in [1.82, 2.24) is 5.32 Å². The fraction of sp³-hybridized carbons (Fsp3) is 0.800. The molecule has 0 aliphatic rings. The van der Waals surface area contributed by atoms with Gasteiger partial charge in [-0.3, -0.25) is 0 Å². The molecule has 0 aromatic rings. The van der Waals surface area contributed by atoms with E-state index in [1.54, 1.807) is 7.05 Å². The lowest BCUT2D eigenvalue weighted by Gasteiger charge is -2.15. The summed E-state index contributed by atoms with van der Waals surface area (Å²) in [5.74, 6) is 0. The Labute approximate surface area is 75.5 Å². The summed E-state index contributed by atoms with van der Waals surface area (Å²) in [4.78, 5) is 10.3. The summed E-state index contributed by atoms with van der Waals surface area (Å²) in [7, 11) is 4.13. The van der Waals surface area contributed by atoms with E-state index in [4.69, 9.17) is 0 Å². The maximum absolute atomic E-state index is 11.4. The fourth-order valence-corrected chi connectivity index (χ4v) is 3.02. The zero-order valence-corrected chi connectivity index (χ0v) is 8.85. The van der Waals surface area contributed by atoms with Crippen molar-refractivity contribution in [2.45, 2.75) is 5.37 Å². The van der Waals surface area contributed by atoms with Crippen LogP contribution in [0.2, 0.25) is 0 Å². The molecule has 0 spiro atoms. The summed E-state index contributed by atoms with van der Waals surface area (Å²) in [6.07, 6.45) is 0.634. The van der Waals surface area contributed by atoms with Crippen molar-refractivity contribution in [2.75, 3.05) is 21.3 Å². The van der Waals surface area contributed by atoms with E-state index in [9.17, 15) is 9.36 Å². The highest BCUT2D eigenvalue weighted by Crippen LogP contribution is 2.60. The Kier molecular flexibility index (Phi) is 5.78. The van der Waals surface area contributed by atoms with E-state index in [-0.39, 0.29) is 0 Å². The van der Waals surface area contributed by atoms with Crippen molar-refractivity contribution in [2.24, 2.45) is 0 Å². The largest absolute Gasteiger partial charge is 0.390 e. The molecule has 0 saturated heterocycles. The van der Waals surface area contributed by atoms with Crippen LogP contribution in [0.15, 0.2) is 0 Å². The Morgan fingerprint density at radius 2 is 2.00 bits per heavy atom. The smallest absolute Gasteiger partial charge is 0.304 e. The molecule has 72 valence electrons. The maximum Gasteiger partial charge on any atom is 0.390 e. The van der Waals surface area contributed by atoms with E-state index in [1.807, 2.05) is 0 Å². The number of hydrogen-bond acceptors (Lipinski definition) is 6. The van der Waals surface area contributed by atoms with Crippen LogP contribution in [0.5, 0.6) is 0 Å². The summed E-state index contributed by atoms with van der Waals surface area (Å²) in [6.45, 7) is -3.15. The highest BCUT2D eigenvalue weighted by Gasteiger charge is 2.26. The first-order valence-electron chi connectivity index (χ1n) is 3.14. The number of rotatable bonds is 6. The molecule has 1 N–H and O–H groups in total. The molecular formula is C5H12NO4PS. The molecule has 0 aliphatic carbocycles. The van der Waals surface area contributed by atoms with E-state index < -0.39 is 12.2 Å². The molecule has 0 aromatic carbocycles. The Bertz CT molecular complexity index is 180. The lowest BCUT2D eigenvalue weighted by molar-refractivity contribution is -0.107. The first-order valence-corrected chi connectivity index (χ1v) is 6.17. The Hall–Kier alpha value is 0.130. The van der Waals surface area contributed by atoms with Crippen LogP contribution in [-0.2, 0) is 18.4 Å². The van der Waals surface area contributed by atoms with Crippen molar-refractivity contribution in [1.29, 1.82) is 0 Å². The van der Waals surface area contributed by atoms with E-state index in [1.165, 1.54) is 14.2 Å². The molecule has 5 nitrogen and oxygen atoms in total. The van der Waals surface area contributed by atoms with E-state index in [0.29, 0.717) is 6.29 Å². The molecule has 0 aromatic heterocycles. The van der Waals surface area contributed by atoms with E-state index in [2.05, 4.69) is 14.4 Å². The molecule has 0 saturated carbocycles. The van der Waals surface area contributed by atoms with Crippen LogP contribution in [0.1, 0.15) is 0 Å². The van der Waals surface area contributed by atoms with Gasteiger partial charge in [0.05, 0.1) is 0 Å². The molecule has 7 heteroatoms. The Morgan fingerprint density at radius 1 is 1.50 bits per heavy atom. The van der Waals surface area contributed by atoms with Gasteiger partial charge < -0.3 is 19.2 Å². The molecule has 0 heterocycles. The minimum absolute atomic E-state index is 0.573. The SMILES string of the molecule is CNC(C=O)SP(=O)(OC)OC. The van der Waals surface area contributed by atoms with Gasteiger partial charge in [0.2, 0.25) is 0 Å². The standard InChI is InChI=1S/C5H12NO4PS/c1-6-5(4-7)12-11(8,9-2)10-3/h4-6H,1-3H3. The van der Waals surface area contributed by atoms with Crippen molar-refractivity contribution < 1.29 is 18.4 Å². The van der Waals surface area contributed by atoms with Crippen LogP contribution in [0.4, 0.5) is 0 Å². The van der Waals surface area contributed by atoms with Gasteiger partial charge in [-0.15, -0.1) is 0 Å². The molecule has 0 rings (SSSR count). The van der Waals surface area contributed by atoms with Gasteiger partial charge in [-0.05, 0) is 18.4 Å². The number of carbonyl (C=O) groups is 1. The highest BCUT2D eigenvalue weighted by atomic mass is 32.7. The molecule has 0 bridgehead atoms. The second-order valence-corrected chi connectivity index (χ2v) is 6.08. The van der Waals surface area contributed by atoms with Gasteiger partial charge in [0.1, 0.15) is 11.7 Å². The zero-order valence-electron chi connectivity index (χ0n) is 7.14. The monoisotopic (exact) mass is 213 g/mol. The summed E-state index contributed by atoms with van der Waals surface area (Å²) in [6, 6.07) is 0. The van der Waals surface area contributed by atoms with E-state index in [0.717, 1.165) is 11.4 Å². The zero-order chi connectivity index (χ0) is 9.61. The van der Waals surface area contributed by atoms with Gasteiger partial charge in [0.25, 0.3) is 0 Å². The lowest BCUT2D eigenvalue weighted by Crippen LogP contribution is -2.22. The number of aldehydes is 1. The number of likely N-dealkylation sites (N-methyl/N-ethyl adjacent to an activating group) is 1. The van der Waals surface area contributed by atoms with Crippen LogP contribution in [0, 0.1) is 0 Å². The quantitative estimate of drug-likeness (QED) is 0.401. The van der Waals surface area contributed by atoms with Crippen molar-refractivity contribution in [3.8, 4) is 0 Å². The van der Waals surface area contributed by atoms with Crippen molar-refractivity contribution >= 4 is 24.5 Å². The summed E-state index contributed by atoms with van der Waals surface area (Å²) < 4.78 is 20.6. The van der Waals surface area contributed by atoms with Gasteiger partial charge in [-0.25, -0.2) is 4.57 Å². The third kappa shape index (κ3) is 3.69. The first-order chi connectivity index (χ1) is 5.61. The van der Waals surface area contributed by atoms with Gasteiger partial charge in [0, 0.05) is 14.2 Å². The Morgan fingerprint density at radius 3 is 2.25 bits per heavy atom. The van der Waals surface area contributed by atoms with Gasteiger partial charge in [-0.1, -0.05) is 0 Å². The fourth-order valence-electron chi connectivity index (χ4n) is 0.445. The third-order valence-corrected chi connectivity index (χ3v) is 5.17. The molecule has 0 aliphatic heterocycles. The predicted octanol–water partition coefficient (Wildman–Crippen LogP) is 0.865. The van der Waals surface area contributed by atoms with E-state index >= 15 is 0 Å². The van der Waals surface area contributed by atoms with Crippen LogP contribution in [0.25, 0.3) is 0 Å². The van der Waals surface area contributed by atoms with Gasteiger partial charge >= 0.3 is 6.80 Å². The van der Waals surface area contributed by atoms with Crippen molar-refractivity contribution in [3.63, 3.8) is 0 Å². The summed E-state index contributed by atoms with van der Waals surface area (Å²) >= 11 is 0.824. The minimum Gasteiger partial charge on any atom is -0.304 e. The summed E-state index contributed by atoms with van der Waals surface area (Å²) in [5.41, 5.74) is 0. The second kappa shape index (κ2) is 5.72. The molecule has 12 heavy (non-hydrogen) atoms. The normalized spacial score (nSPS) is 14.2. The van der Waals surface area contributed by atoms with Crippen LogP contribution < -0.4 is 5.32 Å². The highest BCUT2D eigenvalue weighted by molar-refractivity contribution is 8.55. The number of carbonyl (C=O) groups excluding carboxylic acids is 1. The predicted molar refractivity (Wildman–Crippen MR) is 48.1 cm³/mol. The molecule has 0 amide bonds. The van der Waals surface area contributed by atoms with Crippen LogP contribution >= 0.6 is 18.2 Å². The van der Waals surface area contributed by atoms with Gasteiger partial charge in [0.15, 0.2) is 0 Å². The molecule has 1 atom stereocenters. The molecule has 1 unspecified atom stereocenters. The number of nitrogens with one attached hydrogen (secondary N) is 1. The maximum atomic E-state index is 11.4. The average Bonchev–Trinajstić information content (AvgIpc) is 2.14. The first kappa shape index (κ1) is 12.1. The molecule has 0 fully saturated rings. The summed E-state index contributed by atoms with van der Waals surface area (Å²) in [5, 5.41) is 2.07. The second-order valence-electron chi connectivity index (χ2n) is 1.76. The lowest BCUT2D eigenvalue weighted by atomic mass is 10.7. The topological polar surface area (TPSA) is 64.6 Å². The van der Waals surface area contributed by atoms with Crippen LogP contribution in [0.3, 0.4) is 0 Å². The molecule has 0 radical (unpaired) electrons. The third-order valence-electron chi connectivity index (χ3n) is 1.10. The average molecular weight is 213 g/mol. The number of hydrogen-bond donors (Lipinski definition) is 1. The van der Waals surface area contributed by atoms with Gasteiger partial charge in [-0.2, -0.15) is 0 Å². The molecular weight excluding hydrogens is 201 g/mol. The Balaban J connectivity index is 4.18.